The van der Waals surface area contributed by atoms with Gasteiger partial charge in [-0.3, -0.25) is 4.57 Å². The normalized spacial score (nSPS) is 10.6. The number of hydrogen-bond acceptors (Lipinski definition) is 2. The van der Waals surface area contributed by atoms with E-state index in [2.05, 4.69) is 26.2 Å². The summed E-state index contributed by atoms with van der Waals surface area (Å²) in [6.07, 6.45) is 1.98. The van der Waals surface area contributed by atoms with Crippen molar-refractivity contribution in [3.63, 3.8) is 0 Å². The van der Waals surface area contributed by atoms with Crippen molar-refractivity contribution in [1.29, 1.82) is 0 Å². The molecule has 0 bridgehead atoms. The minimum absolute atomic E-state index is 0.691. The van der Waals surface area contributed by atoms with Gasteiger partial charge in [-0.2, -0.15) is 0 Å². The second-order valence-electron chi connectivity index (χ2n) is 3.70. The van der Waals surface area contributed by atoms with Crippen molar-refractivity contribution >= 4 is 33.5 Å². The first-order valence-electron chi connectivity index (χ1n) is 5.37. The molecule has 2 aromatic rings. The highest BCUT2D eigenvalue weighted by atomic mass is 79.9. The van der Waals surface area contributed by atoms with Crippen molar-refractivity contribution in [2.45, 2.75) is 13.8 Å². The molecule has 0 aliphatic rings. The Morgan fingerprint density at radius 1 is 1.47 bits per heavy atom. The molecule has 1 heterocycles. The Kier molecular flexibility index (Phi) is 3.74. The van der Waals surface area contributed by atoms with Gasteiger partial charge in [0.15, 0.2) is 0 Å². The van der Waals surface area contributed by atoms with Crippen molar-refractivity contribution in [2.75, 3.05) is 11.9 Å². The Balaban J connectivity index is 2.47. The van der Waals surface area contributed by atoms with E-state index in [1.165, 1.54) is 0 Å². The molecule has 0 atom stereocenters. The van der Waals surface area contributed by atoms with Gasteiger partial charge in [-0.25, -0.2) is 4.98 Å². The number of nitrogens with one attached hydrogen (secondary N) is 1. The molecule has 0 unspecified atom stereocenters. The van der Waals surface area contributed by atoms with Crippen LogP contribution in [0.25, 0.3) is 5.69 Å². The molecule has 0 saturated heterocycles. The highest BCUT2D eigenvalue weighted by Gasteiger charge is 2.07. The standard InChI is InChI=1S/C12H13BrClN3/c1-3-15-12-16-8(2)7-17(12)9-4-5-10(13)11(14)6-9/h4-7H,3H2,1-2H3,(H,15,16). The zero-order valence-corrected chi connectivity index (χ0v) is 12.0. The van der Waals surface area contributed by atoms with Crippen LogP contribution in [0.15, 0.2) is 28.9 Å². The molecule has 0 aliphatic carbocycles. The fraction of sp³-hybridized carbons (Fsp3) is 0.250. The predicted octanol–water partition coefficient (Wildman–Crippen LogP) is 4.03. The molecule has 0 saturated carbocycles. The number of anilines is 1. The maximum atomic E-state index is 6.10. The zero-order chi connectivity index (χ0) is 12.4. The van der Waals surface area contributed by atoms with E-state index in [1.807, 2.05) is 42.8 Å². The van der Waals surface area contributed by atoms with Crippen LogP contribution in [0.3, 0.4) is 0 Å². The van der Waals surface area contributed by atoms with E-state index in [1.54, 1.807) is 0 Å². The van der Waals surface area contributed by atoms with Gasteiger partial charge in [0.2, 0.25) is 5.95 Å². The Hall–Kier alpha value is -1.000. The second kappa shape index (κ2) is 5.10. The van der Waals surface area contributed by atoms with E-state index in [9.17, 15) is 0 Å². The number of hydrogen-bond donors (Lipinski definition) is 1. The first kappa shape index (κ1) is 12.5. The monoisotopic (exact) mass is 313 g/mol. The summed E-state index contributed by atoms with van der Waals surface area (Å²) in [4.78, 5) is 4.43. The summed E-state index contributed by atoms with van der Waals surface area (Å²) in [5.74, 6) is 0.836. The quantitative estimate of drug-likeness (QED) is 0.927. The topological polar surface area (TPSA) is 29.9 Å². The van der Waals surface area contributed by atoms with E-state index in [0.717, 1.165) is 28.3 Å². The molecule has 0 aliphatic heterocycles. The smallest absolute Gasteiger partial charge is 0.207 e. The average molecular weight is 315 g/mol. The lowest BCUT2D eigenvalue weighted by molar-refractivity contribution is 1.02. The van der Waals surface area contributed by atoms with E-state index < -0.39 is 0 Å². The Labute approximate surface area is 114 Å². The van der Waals surface area contributed by atoms with E-state index in [4.69, 9.17) is 11.6 Å². The van der Waals surface area contributed by atoms with Gasteiger partial charge in [0.05, 0.1) is 16.4 Å². The molecule has 0 fully saturated rings. The van der Waals surface area contributed by atoms with Crippen LogP contribution in [0.1, 0.15) is 12.6 Å². The number of aryl methyl sites for hydroxylation is 1. The minimum Gasteiger partial charge on any atom is -0.356 e. The molecule has 1 N–H and O–H groups in total. The summed E-state index contributed by atoms with van der Waals surface area (Å²) in [6.45, 7) is 4.85. The van der Waals surface area contributed by atoms with Crippen molar-refractivity contribution < 1.29 is 0 Å². The summed E-state index contributed by atoms with van der Waals surface area (Å²) < 4.78 is 2.89. The number of halogens is 2. The molecular formula is C12H13BrClN3. The maximum absolute atomic E-state index is 6.10. The molecule has 3 nitrogen and oxygen atoms in total. The molecule has 0 radical (unpaired) electrons. The number of aromatic nitrogens is 2. The van der Waals surface area contributed by atoms with Crippen LogP contribution in [0.2, 0.25) is 5.02 Å². The van der Waals surface area contributed by atoms with E-state index >= 15 is 0 Å². The first-order chi connectivity index (χ1) is 8.11. The number of benzene rings is 1. The Bertz CT molecular complexity index is 537. The SMILES string of the molecule is CCNc1nc(C)cn1-c1ccc(Br)c(Cl)c1. The fourth-order valence-electron chi connectivity index (χ4n) is 1.61. The Morgan fingerprint density at radius 3 is 2.88 bits per heavy atom. The fourth-order valence-corrected chi connectivity index (χ4v) is 2.03. The van der Waals surface area contributed by atoms with Crippen molar-refractivity contribution in [3.8, 4) is 5.69 Å². The van der Waals surface area contributed by atoms with Crippen LogP contribution in [0.5, 0.6) is 0 Å². The third-order valence-corrected chi connectivity index (χ3v) is 3.58. The van der Waals surface area contributed by atoms with Crippen LogP contribution in [0, 0.1) is 6.92 Å². The van der Waals surface area contributed by atoms with Crippen LogP contribution in [0.4, 0.5) is 5.95 Å². The maximum Gasteiger partial charge on any atom is 0.207 e. The summed E-state index contributed by atoms with van der Waals surface area (Å²) in [7, 11) is 0. The molecule has 90 valence electrons. The molecule has 2 rings (SSSR count). The highest BCUT2D eigenvalue weighted by molar-refractivity contribution is 9.10. The van der Waals surface area contributed by atoms with Gasteiger partial charge in [0.1, 0.15) is 0 Å². The average Bonchev–Trinajstić information content (AvgIpc) is 2.64. The number of rotatable bonds is 3. The van der Waals surface area contributed by atoms with Gasteiger partial charge in [0, 0.05) is 17.2 Å². The van der Waals surface area contributed by atoms with Gasteiger partial charge >= 0.3 is 0 Å². The third-order valence-electron chi connectivity index (χ3n) is 2.34. The van der Waals surface area contributed by atoms with Gasteiger partial charge in [-0.05, 0) is 48.0 Å². The van der Waals surface area contributed by atoms with E-state index in [-0.39, 0.29) is 0 Å². The van der Waals surface area contributed by atoms with Crippen LogP contribution < -0.4 is 5.32 Å². The van der Waals surface area contributed by atoms with Crippen LogP contribution >= 0.6 is 27.5 Å². The first-order valence-corrected chi connectivity index (χ1v) is 6.54. The summed E-state index contributed by atoms with van der Waals surface area (Å²) >= 11 is 9.48. The molecule has 1 aromatic heterocycles. The molecule has 0 spiro atoms. The van der Waals surface area contributed by atoms with Crippen molar-refractivity contribution in [3.05, 3.63) is 39.6 Å². The number of nitrogens with zero attached hydrogens (tertiary/aromatic N) is 2. The molecule has 0 amide bonds. The Morgan fingerprint density at radius 2 is 2.24 bits per heavy atom. The second-order valence-corrected chi connectivity index (χ2v) is 4.97. The molecular weight excluding hydrogens is 302 g/mol. The third kappa shape index (κ3) is 2.64. The summed E-state index contributed by atoms with van der Waals surface area (Å²) in [5, 5.41) is 3.92. The van der Waals surface area contributed by atoms with E-state index in [0.29, 0.717) is 5.02 Å². The van der Waals surface area contributed by atoms with Gasteiger partial charge in [-0.15, -0.1) is 0 Å². The summed E-state index contributed by atoms with van der Waals surface area (Å²) in [6, 6.07) is 5.84. The molecule has 5 heteroatoms. The predicted molar refractivity (Wildman–Crippen MR) is 75.2 cm³/mol. The number of imidazole rings is 1. The lowest BCUT2D eigenvalue weighted by Gasteiger charge is -2.09. The largest absolute Gasteiger partial charge is 0.356 e. The van der Waals surface area contributed by atoms with Gasteiger partial charge < -0.3 is 5.32 Å². The van der Waals surface area contributed by atoms with Crippen LogP contribution in [-0.4, -0.2) is 16.1 Å². The van der Waals surface area contributed by atoms with Crippen molar-refractivity contribution in [2.24, 2.45) is 0 Å². The highest BCUT2D eigenvalue weighted by Crippen LogP contribution is 2.26. The lowest BCUT2D eigenvalue weighted by Crippen LogP contribution is -2.04. The van der Waals surface area contributed by atoms with Gasteiger partial charge in [-0.1, -0.05) is 11.6 Å². The van der Waals surface area contributed by atoms with Crippen LogP contribution in [-0.2, 0) is 0 Å². The minimum atomic E-state index is 0.691. The molecule has 17 heavy (non-hydrogen) atoms. The summed E-state index contributed by atoms with van der Waals surface area (Å²) in [5.41, 5.74) is 1.97. The molecule has 1 aromatic carbocycles. The van der Waals surface area contributed by atoms with Gasteiger partial charge in [0.25, 0.3) is 0 Å². The zero-order valence-electron chi connectivity index (χ0n) is 9.67. The van der Waals surface area contributed by atoms with Crippen molar-refractivity contribution in [1.82, 2.24) is 9.55 Å². The lowest BCUT2D eigenvalue weighted by atomic mass is 10.3.